The first-order valence-electron chi connectivity index (χ1n) is 7.74. The number of para-hydroxylation sites is 1. The molecule has 0 heterocycles. The Morgan fingerprint density at radius 1 is 1.08 bits per heavy atom. The first-order valence-corrected chi connectivity index (χ1v) is 7.74. The summed E-state index contributed by atoms with van der Waals surface area (Å²) >= 11 is 0. The van der Waals surface area contributed by atoms with Crippen LogP contribution in [0.25, 0.3) is 0 Å². The fourth-order valence-electron chi connectivity index (χ4n) is 2.33. The van der Waals surface area contributed by atoms with Crippen LogP contribution >= 0.6 is 0 Å². The average molecular weight is 327 g/mol. The highest BCUT2D eigenvalue weighted by atomic mass is 16.5. The first-order chi connectivity index (χ1) is 11.5. The van der Waals surface area contributed by atoms with E-state index < -0.39 is 5.97 Å². The van der Waals surface area contributed by atoms with E-state index in [1.54, 1.807) is 24.3 Å². The maximum Gasteiger partial charge on any atom is 0.337 e. The number of rotatable bonds is 6. The molecule has 5 nitrogen and oxygen atoms in total. The highest BCUT2D eigenvalue weighted by Gasteiger charge is 2.10. The lowest BCUT2D eigenvalue weighted by molar-refractivity contribution is -0.118. The minimum atomic E-state index is -0.411. The number of amides is 1. The van der Waals surface area contributed by atoms with Gasteiger partial charge in [0, 0.05) is 5.69 Å². The maximum atomic E-state index is 12.1. The largest absolute Gasteiger partial charge is 0.484 e. The fourth-order valence-corrected chi connectivity index (χ4v) is 2.33. The number of esters is 1. The van der Waals surface area contributed by atoms with Gasteiger partial charge in [0.25, 0.3) is 5.91 Å². The van der Waals surface area contributed by atoms with E-state index in [9.17, 15) is 9.59 Å². The van der Waals surface area contributed by atoms with Gasteiger partial charge in [-0.2, -0.15) is 0 Å². The summed E-state index contributed by atoms with van der Waals surface area (Å²) in [4.78, 5) is 23.5. The molecule has 0 spiro atoms. The molecule has 2 rings (SSSR count). The van der Waals surface area contributed by atoms with Gasteiger partial charge in [0.2, 0.25) is 0 Å². The van der Waals surface area contributed by atoms with E-state index in [-0.39, 0.29) is 12.5 Å². The van der Waals surface area contributed by atoms with E-state index in [0.717, 1.165) is 23.2 Å². The molecule has 0 aliphatic rings. The summed E-state index contributed by atoms with van der Waals surface area (Å²) in [6.07, 6.45) is 0.840. The summed E-state index contributed by atoms with van der Waals surface area (Å²) < 4.78 is 10.1. The zero-order valence-electron chi connectivity index (χ0n) is 14.1. The summed E-state index contributed by atoms with van der Waals surface area (Å²) in [5.74, 6) is -0.125. The monoisotopic (exact) mass is 327 g/mol. The molecule has 0 bridgehead atoms. The maximum absolute atomic E-state index is 12.1. The third kappa shape index (κ3) is 4.35. The standard InChI is InChI=1S/C19H21NO4/c1-4-14-7-5-6-13(2)18(14)20-17(21)12-24-16-10-8-15(9-11-16)19(22)23-3/h5-11H,4,12H2,1-3H3,(H,20,21). The van der Waals surface area contributed by atoms with Crippen LogP contribution < -0.4 is 10.1 Å². The molecule has 24 heavy (non-hydrogen) atoms. The van der Waals surface area contributed by atoms with Crippen molar-refractivity contribution >= 4 is 17.6 Å². The second-order valence-corrected chi connectivity index (χ2v) is 5.32. The number of aryl methyl sites for hydroxylation is 2. The van der Waals surface area contributed by atoms with Gasteiger partial charge in [0.1, 0.15) is 5.75 Å². The van der Waals surface area contributed by atoms with E-state index in [2.05, 4.69) is 10.1 Å². The lowest BCUT2D eigenvalue weighted by Crippen LogP contribution is -2.21. The van der Waals surface area contributed by atoms with Crippen molar-refractivity contribution in [3.63, 3.8) is 0 Å². The Balaban J connectivity index is 1.95. The van der Waals surface area contributed by atoms with E-state index in [1.165, 1.54) is 7.11 Å². The number of hydrogen-bond donors (Lipinski definition) is 1. The Kier molecular flexibility index (Phi) is 5.95. The van der Waals surface area contributed by atoms with E-state index in [1.807, 2.05) is 32.0 Å². The second-order valence-electron chi connectivity index (χ2n) is 5.32. The van der Waals surface area contributed by atoms with Crippen LogP contribution in [-0.4, -0.2) is 25.6 Å². The summed E-state index contributed by atoms with van der Waals surface area (Å²) in [5, 5.41) is 2.90. The zero-order chi connectivity index (χ0) is 17.5. The number of hydrogen-bond acceptors (Lipinski definition) is 4. The molecule has 2 aromatic rings. The smallest absolute Gasteiger partial charge is 0.337 e. The fraction of sp³-hybridized carbons (Fsp3) is 0.263. The minimum Gasteiger partial charge on any atom is -0.484 e. The number of ether oxygens (including phenoxy) is 2. The Morgan fingerprint density at radius 3 is 2.42 bits per heavy atom. The van der Waals surface area contributed by atoms with Crippen LogP contribution in [-0.2, 0) is 16.0 Å². The van der Waals surface area contributed by atoms with Crippen LogP contribution in [0.3, 0.4) is 0 Å². The molecule has 0 aromatic heterocycles. The molecule has 0 aliphatic heterocycles. The Bertz CT molecular complexity index is 723. The van der Waals surface area contributed by atoms with Gasteiger partial charge in [-0.05, 0) is 48.7 Å². The number of methoxy groups -OCH3 is 1. The van der Waals surface area contributed by atoms with Gasteiger partial charge < -0.3 is 14.8 Å². The molecule has 0 atom stereocenters. The summed E-state index contributed by atoms with van der Waals surface area (Å²) in [6, 6.07) is 12.4. The normalized spacial score (nSPS) is 10.1. The number of carbonyl (C=O) groups is 2. The quantitative estimate of drug-likeness (QED) is 0.826. The number of nitrogens with one attached hydrogen (secondary N) is 1. The SMILES string of the molecule is CCc1cccc(C)c1NC(=O)COc1ccc(C(=O)OC)cc1. The van der Waals surface area contributed by atoms with Crippen LogP contribution in [0.15, 0.2) is 42.5 Å². The Morgan fingerprint density at radius 2 is 1.79 bits per heavy atom. The van der Waals surface area contributed by atoms with Crippen molar-refractivity contribution in [2.75, 3.05) is 19.0 Å². The molecule has 1 amide bonds. The van der Waals surface area contributed by atoms with Crippen molar-refractivity contribution in [1.29, 1.82) is 0 Å². The van der Waals surface area contributed by atoms with Crippen molar-refractivity contribution in [2.24, 2.45) is 0 Å². The summed E-state index contributed by atoms with van der Waals surface area (Å²) in [7, 11) is 1.33. The van der Waals surface area contributed by atoms with Gasteiger partial charge in [-0.1, -0.05) is 25.1 Å². The average Bonchev–Trinajstić information content (AvgIpc) is 2.61. The molecule has 0 fully saturated rings. The first kappa shape index (κ1) is 17.5. The van der Waals surface area contributed by atoms with E-state index in [0.29, 0.717) is 11.3 Å². The van der Waals surface area contributed by atoms with Gasteiger partial charge in [-0.15, -0.1) is 0 Å². The number of carbonyl (C=O) groups excluding carboxylic acids is 2. The van der Waals surface area contributed by atoms with Crippen molar-refractivity contribution in [3.05, 3.63) is 59.2 Å². The van der Waals surface area contributed by atoms with Crippen LogP contribution in [0, 0.1) is 6.92 Å². The molecule has 0 radical (unpaired) electrons. The van der Waals surface area contributed by atoms with Crippen molar-refractivity contribution in [2.45, 2.75) is 20.3 Å². The molecule has 0 saturated carbocycles. The molecular formula is C19H21NO4. The van der Waals surface area contributed by atoms with Gasteiger partial charge >= 0.3 is 5.97 Å². The van der Waals surface area contributed by atoms with Crippen LogP contribution in [0.5, 0.6) is 5.75 Å². The van der Waals surface area contributed by atoms with Gasteiger partial charge in [0.15, 0.2) is 6.61 Å². The predicted octanol–water partition coefficient (Wildman–Crippen LogP) is 3.36. The summed E-state index contributed by atoms with van der Waals surface area (Å²) in [6.45, 7) is 3.90. The molecule has 5 heteroatoms. The highest BCUT2D eigenvalue weighted by molar-refractivity contribution is 5.93. The van der Waals surface area contributed by atoms with Crippen LogP contribution in [0.4, 0.5) is 5.69 Å². The Labute approximate surface area is 141 Å². The predicted molar refractivity (Wildman–Crippen MR) is 92.5 cm³/mol. The molecule has 2 aromatic carbocycles. The zero-order valence-corrected chi connectivity index (χ0v) is 14.1. The minimum absolute atomic E-state index is 0.102. The third-order valence-electron chi connectivity index (χ3n) is 3.65. The van der Waals surface area contributed by atoms with Crippen molar-refractivity contribution < 1.29 is 19.1 Å². The third-order valence-corrected chi connectivity index (χ3v) is 3.65. The van der Waals surface area contributed by atoms with Crippen LogP contribution in [0.1, 0.15) is 28.4 Å². The van der Waals surface area contributed by atoms with E-state index >= 15 is 0 Å². The summed E-state index contributed by atoms with van der Waals surface area (Å²) in [5.41, 5.74) is 3.38. The van der Waals surface area contributed by atoms with Crippen molar-refractivity contribution in [1.82, 2.24) is 0 Å². The highest BCUT2D eigenvalue weighted by Crippen LogP contribution is 2.21. The topological polar surface area (TPSA) is 64.6 Å². The Hall–Kier alpha value is -2.82. The second kappa shape index (κ2) is 8.15. The number of anilines is 1. The molecular weight excluding hydrogens is 306 g/mol. The van der Waals surface area contributed by atoms with Gasteiger partial charge in [-0.25, -0.2) is 4.79 Å². The van der Waals surface area contributed by atoms with Gasteiger partial charge in [0.05, 0.1) is 12.7 Å². The molecule has 1 N–H and O–H groups in total. The lowest BCUT2D eigenvalue weighted by atomic mass is 10.1. The molecule has 0 aliphatic carbocycles. The van der Waals surface area contributed by atoms with Gasteiger partial charge in [-0.3, -0.25) is 4.79 Å². The molecule has 0 unspecified atom stereocenters. The lowest BCUT2D eigenvalue weighted by Gasteiger charge is -2.13. The van der Waals surface area contributed by atoms with E-state index in [4.69, 9.17) is 4.74 Å². The van der Waals surface area contributed by atoms with Crippen LogP contribution in [0.2, 0.25) is 0 Å². The molecule has 0 saturated heterocycles. The number of benzene rings is 2. The molecule has 126 valence electrons. The van der Waals surface area contributed by atoms with Crippen molar-refractivity contribution in [3.8, 4) is 5.75 Å².